The first-order valence-corrected chi connectivity index (χ1v) is 6.31. The van der Waals surface area contributed by atoms with Gasteiger partial charge in [-0.05, 0) is 30.3 Å². The van der Waals surface area contributed by atoms with E-state index >= 15 is 0 Å². The van der Waals surface area contributed by atoms with Crippen molar-refractivity contribution >= 4 is 33.3 Å². The first-order chi connectivity index (χ1) is 9.00. The molecule has 0 amide bonds. The molecule has 1 N–H and O–H groups in total. The average Bonchev–Trinajstić information content (AvgIpc) is 2.38. The molecule has 0 aromatic heterocycles. The van der Waals surface area contributed by atoms with E-state index in [1.54, 1.807) is 37.4 Å². The molecule has 2 aromatic carbocycles. The van der Waals surface area contributed by atoms with Crippen LogP contribution in [-0.2, 0) is 0 Å². The highest BCUT2D eigenvalue weighted by atomic mass is 79.9. The van der Waals surface area contributed by atoms with Crippen LogP contribution in [-0.4, -0.2) is 18.1 Å². The molecule has 0 saturated heterocycles. The summed E-state index contributed by atoms with van der Waals surface area (Å²) in [6.07, 6.45) is 0. The Morgan fingerprint density at radius 2 is 1.89 bits per heavy atom. The fourth-order valence-corrected chi connectivity index (χ4v) is 2.19. The number of halogens is 2. The molecule has 0 spiro atoms. The van der Waals surface area contributed by atoms with Crippen molar-refractivity contribution in [1.29, 1.82) is 0 Å². The molecular formula is C14H11BrFNO2. The number of aromatic carboxylic acids is 1. The quantitative estimate of drug-likeness (QED) is 0.926. The second-order valence-corrected chi connectivity index (χ2v) is 4.89. The van der Waals surface area contributed by atoms with E-state index in [-0.39, 0.29) is 5.56 Å². The van der Waals surface area contributed by atoms with Crippen LogP contribution in [0.2, 0.25) is 0 Å². The number of benzene rings is 2. The molecule has 2 aromatic rings. The Balaban J connectivity index is 2.53. The monoisotopic (exact) mass is 323 g/mol. The topological polar surface area (TPSA) is 40.5 Å². The average molecular weight is 324 g/mol. The number of para-hydroxylation sites is 1. The minimum Gasteiger partial charge on any atom is -0.478 e. The van der Waals surface area contributed by atoms with Gasteiger partial charge < -0.3 is 10.0 Å². The van der Waals surface area contributed by atoms with E-state index in [0.29, 0.717) is 15.8 Å². The predicted octanol–water partition coefficient (Wildman–Crippen LogP) is 4.05. The molecule has 3 nitrogen and oxygen atoms in total. The third kappa shape index (κ3) is 2.76. The van der Waals surface area contributed by atoms with E-state index in [9.17, 15) is 14.3 Å². The fourth-order valence-electron chi connectivity index (χ4n) is 1.83. The van der Waals surface area contributed by atoms with Gasteiger partial charge in [0.2, 0.25) is 0 Å². The molecule has 0 bridgehead atoms. The summed E-state index contributed by atoms with van der Waals surface area (Å²) in [6.45, 7) is 0. The van der Waals surface area contributed by atoms with Crippen LogP contribution in [0.5, 0.6) is 0 Å². The first-order valence-electron chi connectivity index (χ1n) is 5.52. The lowest BCUT2D eigenvalue weighted by Crippen LogP contribution is -2.15. The number of nitrogens with zero attached hydrogens (tertiary/aromatic N) is 1. The van der Waals surface area contributed by atoms with Gasteiger partial charge >= 0.3 is 5.97 Å². The van der Waals surface area contributed by atoms with Crippen LogP contribution in [0.15, 0.2) is 46.9 Å². The summed E-state index contributed by atoms with van der Waals surface area (Å²) in [7, 11) is 1.63. The highest BCUT2D eigenvalue weighted by Gasteiger charge is 2.16. The van der Waals surface area contributed by atoms with Crippen LogP contribution in [0.25, 0.3) is 0 Å². The summed E-state index contributed by atoms with van der Waals surface area (Å²) < 4.78 is 14.4. The molecule has 19 heavy (non-hydrogen) atoms. The summed E-state index contributed by atoms with van der Waals surface area (Å²) in [4.78, 5) is 12.8. The predicted molar refractivity (Wildman–Crippen MR) is 75.6 cm³/mol. The number of rotatable bonds is 3. The highest BCUT2D eigenvalue weighted by Crippen LogP contribution is 2.30. The van der Waals surface area contributed by atoms with Crippen LogP contribution in [0, 0.1) is 5.82 Å². The van der Waals surface area contributed by atoms with Crippen molar-refractivity contribution in [3.8, 4) is 0 Å². The zero-order valence-corrected chi connectivity index (χ0v) is 11.7. The normalized spacial score (nSPS) is 10.3. The van der Waals surface area contributed by atoms with Crippen LogP contribution in [0.4, 0.5) is 15.8 Å². The number of carboxylic acid groups (broad SMARTS) is 1. The molecule has 5 heteroatoms. The van der Waals surface area contributed by atoms with Crippen molar-refractivity contribution in [3.05, 3.63) is 58.3 Å². The van der Waals surface area contributed by atoms with Crippen molar-refractivity contribution in [2.24, 2.45) is 0 Å². The third-order valence-corrected chi connectivity index (χ3v) is 3.26. The van der Waals surface area contributed by atoms with Gasteiger partial charge in [-0.25, -0.2) is 9.18 Å². The Morgan fingerprint density at radius 1 is 1.21 bits per heavy atom. The van der Waals surface area contributed by atoms with Crippen LogP contribution in [0.3, 0.4) is 0 Å². The van der Waals surface area contributed by atoms with Gasteiger partial charge in [0.15, 0.2) is 0 Å². The third-order valence-electron chi connectivity index (χ3n) is 2.76. The number of carboxylic acids is 1. The highest BCUT2D eigenvalue weighted by molar-refractivity contribution is 9.10. The summed E-state index contributed by atoms with van der Waals surface area (Å²) in [5.41, 5.74) is 0.869. The molecule has 0 radical (unpaired) electrons. The molecule has 0 heterocycles. The molecule has 0 saturated carbocycles. The van der Waals surface area contributed by atoms with Gasteiger partial charge in [0, 0.05) is 11.5 Å². The number of carbonyl (C=O) groups is 1. The lowest BCUT2D eigenvalue weighted by atomic mass is 10.1. The van der Waals surface area contributed by atoms with Gasteiger partial charge in [-0.3, -0.25) is 0 Å². The number of hydrogen-bond acceptors (Lipinski definition) is 2. The SMILES string of the molecule is CN(c1ccccc1F)c1ccc(Br)cc1C(=O)O. The lowest BCUT2D eigenvalue weighted by Gasteiger charge is -2.22. The maximum Gasteiger partial charge on any atom is 0.337 e. The maximum atomic E-state index is 13.7. The Labute approximate surface area is 118 Å². The largest absolute Gasteiger partial charge is 0.478 e. The van der Waals surface area contributed by atoms with E-state index in [1.165, 1.54) is 17.0 Å². The van der Waals surface area contributed by atoms with Crippen LogP contribution in [0.1, 0.15) is 10.4 Å². The molecule has 2 rings (SSSR count). The summed E-state index contributed by atoms with van der Waals surface area (Å²) in [5, 5.41) is 9.21. The Kier molecular flexibility index (Phi) is 3.85. The van der Waals surface area contributed by atoms with E-state index in [4.69, 9.17) is 0 Å². The summed E-state index contributed by atoms with van der Waals surface area (Å²) in [5.74, 6) is -1.45. The van der Waals surface area contributed by atoms with Crippen LogP contribution >= 0.6 is 15.9 Å². The molecule has 0 fully saturated rings. The lowest BCUT2D eigenvalue weighted by molar-refractivity contribution is 0.0697. The molecule has 0 aliphatic rings. The standard InChI is InChI=1S/C14H11BrFNO2/c1-17(13-5-3-2-4-11(13)16)12-7-6-9(15)8-10(12)14(18)19/h2-8H,1H3,(H,18,19). The van der Waals surface area contributed by atoms with E-state index in [0.717, 1.165) is 0 Å². The molecular weight excluding hydrogens is 313 g/mol. The van der Waals surface area contributed by atoms with Gasteiger partial charge in [0.25, 0.3) is 0 Å². The molecule has 98 valence electrons. The molecule has 0 aliphatic carbocycles. The van der Waals surface area contributed by atoms with Crippen molar-refractivity contribution in [3.63, 3.8) is 0 Å². The van der Waals surface area contributed by atoms with Crippen molar-refractivity contribution in [2.45, 2.75) is 0 Å². The maximum absolute atomic E-state index is 13.7. The Bertz CT molecular complexity index is 631. The Hall–Kier alpha value is -1.88. The van der Waals surface area contributed by atoms with Crippen molar-refractivity contribution in [2.75, 3.05) is 11.9 Å². The van der Waals surface area contributed by atoms with Gasteiger partial charge in [-0.1, -0.05) is 28.1 Å². The smallest absolute Gasteiger partial charge is 0.337 e. The minimum absolute atomic E-state index is 0.111. The first kappa shape index (κ1) is 13.5. The molecule has 0 unspecified atom stereocenters. The van der Waals surface area contributed by atoms with E-state index in [1.807, 2.05) is 0 Å². The Morgan fingerprint density at radius 3 is 2.53 bits per heavy atom. The van der Waals surface area contributed by atoms with Gasteiger partial charge in [0.1, 0.15) is 5.82 Å². The van der Waals surface area contributed by atoms with Gasteiger partial charge in [0.05, 0.1) is 16.9 Å². The van der Waals surface area contributed by atoms with Gasteiger partial charge in [-0.15, -0.1) is 0 Å². The molecule has 0 aliphatic heterocycles. The second-order valence-electron chi connectivity index (χ2n) is 3.98. The fraction of sp³-hybridized carbons (Fsp3) is 0.0714. The van der Waals surface area contributed by atoms with Crippen LogP contribution < -0.4 is 4.90 Å². The van der Waals surface area contributed by atoms with E-state index in [2.05, 4.69) is 15.9 Å². The summed E-state index contributed by atoms with van der Waals surface area (Å²) >= 11 is 3.23. The number of hydrogen-bond donors (Lipinski definition) is 1. The zero-order valence-electron chi connectivity index (χ0n) is 10.1. The summed E-state index contributed by atoms with van der Waals surface area (Å²) in [6, 6.07) is 11.1. The van der Waals surface area contributed by atoms with Gasteiger partial charge in [-0.2, -0.15) is 0 Å². The second kappa shape index (κ2) is 5.40. The zero-order chi connectivity index (χ0) is 14.0. The van der Waals surface area contributed by atoms with Crippen molar-refractivity contribution in [1.82, 2.24) is 0 Å². The number of anilines is 2. The minimum atomic E-state index is -1.06. The molecule has 0 atom stereocenters. The van der Waals surface area contributed by atoms with Crippen molar-refractivity contribution < 1.29 is 14.3 Å². The van der Waals surface area contributed by atoms with E-state index < -0.39 is 11.8 Å².